The Balaban J connectivity index is 1.70. The molecule has 0 radical (unpaired) electrons. The first-order valence-corrected chi connectivity index (χ1v) is 10.6. The fourth-order valence-corrected chi connectivity index (χ4v) is 3.65. The molecule has 1 aliphatic rings. The molecule has 1 aliphatic carbocycles. The predicted octanol–water partition coefficient (Wildman–Crippen LogP) is 6.02. The summed E-state index contributed by atoms with van der Waals surface area (Å²) in [4.78, 5) is 9.08. The average molecular weight is 407 g/mol. The molecule has 30 heavy (non-hydrogen) atoms. The molecule has 1 fully saturated rings. The van der Waals surface area contributed by atoms with Gasteiger partial charge in [0.05, 0.1) is 0 Å². The van der Waals surface area contributed by atoms with Crippen LogP contribution in [0.2, 0.25) is 0 Å². The molecule has 0 amide bonds. The van der Waals surface area contributed by atoms with Gasteiger partial charge in [-0.05, 0) is 43.5 Å². The Bertz CT molecular complexity index is 1110. The highest BCUT2D eigenvalue weighted by molar-refractivity contribution is 5.85. The van der Waals surface area contributed by atoms with Gasteiger partial charge < -0.3 is 10.5 Å². The van der Waals surface area contributed by atoms with Crippen LogP contribution in [0, 0.1) is 5.82 Å². The third-order valence-corrected chi connectivity index (χ3v) is 5.53. The number of nitrogens with two attached hydrogens (primary N) is 1. The van der Waals surface area contributed by atoms with Crippen LogP contribution in [-0.2, 0) is 0 Å². The van der Waals surface area contributed by atoms with Gasteiger partial charge in [-0.2, -0.15) is 0 Å². The lowest BCUT2D eigenvalue weighted by atomic mass is 9.85. The SMILES string of the molecule is CC/C=C\C=C(/CC)Oc1ccc(-c2nc(C3CCC3)n3ccnc(N)c23)cc1F. The molecular weight excluding hydrogens is 379 g/mol. The van der Waals surface area contributed by atoms with Crippen molar-refractivity contribution in [1.82, 2.24) is 14.4 Å². The lowest BCUT2D eigenvalue weighted by Gasteiger charge is -2.23. The standard InChI is InChI=1S/C24H27FN4O/c1-3-5-6-10-18(4-2)30-20-12-11-17(15-19(20)25)21-22-23(26)27-13-14-29(22)24(28-21)16-8-7-9-16/h5-6,10-16H,3-4,7-9H2,1-2H3,(H2,26,27)/b6-5-,18-10+. The Morgan fingerprint density at radius 2 is 2.17 bits per heavy atom. The topological polar surface area (TPSA) is 65.4 Å². The number of hydrogen-bond donors (Lipinski definition) is 1. The zero-order chi connectivity index (χ0) is 21.1. The summed E-state index contributed by atoms with van der Waals surface area (Å²) < 4.78 is 22.7. The van der Waals surface area contributed by atoms with Crippen LogP contribution in [-0.4, -0.2) is 14.4 Å². The fraction of sp³-hybridized carbons (Fsp3) is 0.333. The molecule has 0 bridgehead atoms. The Labute approximate surface area is 176 Å². The van der Waals surface area contributed by atoms with Crippen molar-refractivity contribution in [3.63, 3.8) is 0 Å². The quantitative estimate of drug-likeness (QED) is 0.385. The Morgan fingerprint density at radius 1 is 1.33 bits per heavy atom. The summed E-state index contributed by atoms with van der Waals surface area (Å²) in [5, 5.41) is 0. The number of anilines is 1. The Morgan fingerprint density at radius 3 is 2.83 bits per heavy atom. The second-order valence-corrected chi connectivity index (χ2v) is 7.55. The van der Waals surface area contributed by atoms with Gasteiger partial charge in [-0.3, -0.25) is 4.40 Å². The lowest BCUT2D eigenvalue weighted by Crippen LogP contribution is -2.12. The first-order chi connectivity index (χ1) is 14.6. The monoisotopic (exact) mass is 406 g/mol. The number of nitrogen functional groups attached to an aromatic ring is 1. The van der Waals surface area contributed by atoms with E-state index in [9.17, 15) is 4.39 Å². The van der Waals surface area contributed by atoms with Crippen LogP contribution in [0.3, 0.4) is 0 Å². The second-order valence-electron chi connectivity index (χ2n) is 7.55. The van der Waals surface area contributed by atoms with Crippen LogP contribution in [0.1, 0.15) is 57.7 Å². The molecular formula is C24H27FN4O. The maximum Gasteiger partial charge on any atom is 0.166 e. The number of aromatic nitrogens is 3. The summed E-state index contributed by atoms with van der Waals surface area (Å²) >= 11 is 0. The van der Waals surface area contributed by atoms with Gasteiger partial charge in [-0.15, -0.1) is 0 Å². The number of imidazole rings is 1. The van der Waals surface area contributed by atoms with Crippen molar-refractivity contribution in [1.29, 1.82) is 0 Å². The summed E-state index contributed by atoms with van der Waals surface area (Å²) in [7, 11) is 0. The van der Waals surface area contributed by atoms with Gasteiger partial charge in [0.25, 0.3) is 0 Å². The van der Waals surface area contributed by atoms with Gasteiger partial charge in [-0.25, -0.2) is 14.4 Å². The number of hydrogen-bond acceptors (Lipinski definition) is 4. The molecule has 1 aromatic carbocycles. The molecule has 1 saturated carbocycles. The molecule has 0 unspecified atom stereocenters. The smallest absolute Gasteiger partial charge is 0.166 e. The van der Waals surface area contributed by atoms with E-state index in [0.29, 0.717) is 35.2 Å². The first-order valence-electron chi connectivity index (χ1n) is 10.6. The molecule has 2 heterocycles. The molecule has 6 heteroatoms. The maximum absolute atomic E-state index is 14.9. The summed E-state index contributed by atoms with van der Waals surface area (Å²) in [6.45, 7) is 4.04. The van der Waals surface area contributed by atoms with Crippen LogP contribution < -0.4 is 10.5 Å². The highest BCUT2D eigenvalue weighted by Crippen LogP contribution is 2.39. The van der Waals surface area contributed by atoms with Gasteiger partial charge in [0.2, 0.25) is 0 Å². The van der Waals surface area contributed by atoms with Gasteiger partial charge in [0.1, 0.15) is 28.6 Å². The Kier molecular flexibility index (Phi) is 5.84. The molecule has 2 aromatic heterocycles. The van der Waals surface area contributed by atoms with E-state index in [1.807, 2.05) is 41.8 Å². The zero-order valence-corrected chi connectivity index (χ0v) is 17.4. The van der Waals surface area contributed by atoms with Crippen molar-refractivity contribution >= 4 is 11.3 Å². The van der Waals surface area contributed by atoms with Crippen molar-refractivity contribution in [2.24, 2.45) is 0 Å². The summed E-state index contributed by atoms with van der Waals surface area (Å²) in [6, 6.07) is 4.94. The molecule has 0 saturated heterocycles. The molecule has 0 aliphatic heterocycles. The van der Waals surface area contributed by atoms with E-state index in [2.05, 4.69) is 11.9 Å². The molecule has 4 rings (SSSR count). The van der Waals surface area contributed by atoms with E-state index in [4.69, 9.17) is 15.5 Å². The first kappa shape index (κ1) is 20.1. The minimum absolute atomic E-state index is 0.200. The van der Waals surface area contributed by atoms with Crippen molar-refractivity contribution in [2.45, 2.75) is 51.9 Å². The number of nitrogens with zero attached hydrogens (tertiary/aromatic N) is 3. The molecule has 5 nitrogen and oxygen atoms in total. The minimum Gasteiger partial charge on any atom is -0.459 e. The van der Waals surface area contributed by atoms with Gasteiger partial charge in [-0.1, -0.05) is 32.4 Å². The number of benzene rings is 1. The van der Waals surface area contributed by atoms with Gasteiger partial charge in [0.15, 0.2) is 11.6 Å². The third-order valence-electron chi connectivity index (χ3n) is 5.53. The number of allylic oxidation sites excluding steroid dienone is 4. The molecule has 156 valence electrons. The number of halogens is 1. The van der Waals surface area contributed by atoms with Gasteiger partial charge in [0, 0.05) is 30.3 Å². The third kappa shape index (κ3) is 3.82. The van der Waals surface area contributed by atoms with E-state index in [1.165, 1.54) is 12.5 Å². The molecule has 3 aromatic rings. The maximum atomic E-state index is 14.9. The van der Waals surface area contributed by atoms with Crippen molar-refractivity contribution in [2.75, 3.05) is 5.73 Å². The highest BCUT2D eigenvalue weighted by Gasteiger charge is 2.27. The lowest BCUT2D eigenvalue weighted by molar-refractivity contribution is 0.384. The highest BCUT2D eigenvalue weighted by atomic mass is 19.1. The van der Waals surface area contributed by atoms with Gasteiger partial charge >= 0.3 is 0 Å². The van der Waals surface area contributed by atoms with E-state index < -0.39 is 5.82 Å². The van der Waals surface area contributed by atoms with Crippen LogP contribution in [0.5, 0.6) is 5.75 Å². The summed E-state index contributed by atoms with van der Waals surface area (Å²) in [5.41, 5.74) is 8.22. The van der Waals surface area contributed by atoms with Crippen molar-refractivity contribution in [3.05, 3.63) is 66.2 Å². The second kappa shape index (κ2) is 8.69. The molecule has 0 atom stereocenters. The van der Waals surface area contributed by atoms with E-state index in [-0.39, 0.29) is 5.75 Å². The number of fused-ring (bicyclic) bond motifs is 1. The number of ether oxygens (including phenoxy) is 1. The van der Waals surface area contributed by atoms with Crippen molar-refractivity contribution < 1.29 is 9.13 Å². The number of rotatable bonds is 7. The van der Waals surface area contributed by atoms with Crippen molar-refractivity contribution in [3.8, 4) is 17.0 Å². The van der Waals surface area contributed by atoms with E-state index in [0.717, 1.165) is 30.6 Å². The largest absolute Gasteiger partial charge is 0.459 e. The minimum atomic E-state index is -0.430. The molecule has 0 spiro atoms. The zero-order valence-electron chi connectivity index (χ0n) is 17.4. The van der Waals surface area contributed by atoms with Crippen LogP contribution in [0.25, 0.3) is 16.8 Å². The van der Waals surface area contributed by atoms with Crippen LogP contribution >= 0.6 is 0 Å². The van der Waals surface area contributed by atoms with Crippen LogP contribution in [0.4, 0.5) is 10.2 Å². The van der Waals surface area contributed by atoms with Crippen LogP contribution in [0.15, 0.2) is 54.6 Å². The predicted molar refractivity (Wildman–Crippen MR) is 118 cm³/mol. The fourth-order valence-electron chi connectivity index (χ4n) is 3.65. The summed E-state index contributed by atoms with van der Waals surface area (Å²) in [6.07, 6.45) is 14.4. The van der Waals surface area contributed by atoms with E-state index >= 15 is 0 Å². The molecule has 2 N–H and O–H groups in total. The van der Waals surface area contributed by atoms with E-state index in [1.54, 1.807) is 12.3 Å². The normalized spacial score (nSPS) is 15.1. The summed E-state index contributed by atoms with van der Waals surface area (Å²) in [5.74, 6) is 2.25. The Hall–Kier alpha value is -3.15. The average Bonchev–Trinajstić information content (AvgIpc) is 3.08.